The summed E-state index contributed by atoms with van der Waals surface area (Å²) in [4.78, 5) is 15.7. The lowest BCUT2D eigenvalue weighted by Gasteiger charge is -2.13. The lowest BCUT2D eigenvalue weighted by molar-refractivity contribution is 1.07. The van der Waals surface area contributed by atoms with Crippen molar-refractivity contribution in [3.05, 3.63) is 194 Å². The largest absolute Gasteiger partial charge is 0.309 e. The molecular formula is C51H32N4. The van der Waals surface area contributed by atoms with Gasteiger partial charge in [-0.3, -0.25) is 0 Å². The number of rotatable bonds is 5. The van der Waals surface area contributed by atoms with E-state index in [-0.39, 0.29) is 0 Å². The van der Waals surface area contributed by atoms with Crippen LogP contribution >= 0.6 is 0 Å². The second-order valence-corrected chi connectivity index (χ2v) is 14.0. The minimum absolute atomic E-state index is 0.621. The van der Waals surface area contributed by atoms with Crippen molar-refractivity contribution in [2.24, 2.45) is 0 Å². The van der Waals surface area contributed by atoms with Gasteiger partial charge in [0.25, 0.3) is 0 Å². The summed E-state index contributed by atoms with van der Waals surface area (Å²) >= 11 is 0. The smallest absolute Gasteiger partial charge is 0.164 e. The molecule has 0 spiro atoms. The summed E-state index contributed by atoms with van der Waals surface area (Å²) < 4.78 is 2.33. The Morgan fingerprint density at radius 1 is 0.255 bits per heavy atom. The van der Waals surface area contributed by atoms with Crippen LogP contribution in [-0.2, 0) is 0 Å². The third kappa shape index (κ3) is 5.19. The van der Waals surface area contributed by atoms with E-state index < -0.39 is 0 Å². The summed E-state index contributed by atoms with van der Waals surface area (Å²) in [6.45, 7) is 0. The van der Waals surface area contributed by atoms with E-state index in [0.717, 1.165) is 44.5 Å². The number of aromatic nitrogens is 4. The van der Waals surface area contributed by atoms with Gasteiger partial charge in [0.1, 0.15) is 0 Å². The van der Waals surface area contributed by atoms with Gasteiger partial charge in [0.2, 0.25) is 0 Å². The summed E-state index contributed by atoms with van der Waals surface area (Å²) in [5, 5.41) is 9.77. The lowest BCUT2D eigenvalue weighted by atomic mass is 9.93. The van der Waals surface area contributed by atoms with Gasteiger partial charge >= 0.3 is 0 Å². The Morgan fingerprint density at radius 2 is 0.673 bits per heavy atom. The van der Waals surface area contributed by atoms with E-state index in [1.807, 2.05) is 6.07 Å². The Balaban J connectivity index is 1.13. The van der Waals surface area contributed by atoms with Crippen LogP contribution in [0.15, 0.2) is 194 Å². The molecule has 2 aromatic heterocycles. The molecule has 0 aliphatic heterocycles. The number of hydrogen-bond acceptors (Lipinski definition) is 3. The molecule has 0 unspecified atom stereocenters. The van der Waals surface area contributed by atoms with Crippen LogP contribution in [0, 0.1) is 0 Å². The molecule has 0 aliphatic carbocycles. The summed E-state index contributed by atoms with van der Waals surface area (Å²) in [5.41, 5.74) is 8.41. The molecule has 9 aromatic carbocycles. The third-order valence-electron chi connectivity index (χ3n) is 10.8. The quantitative estimate of drug-likeness (QED) is 0.168. The van der Waals surface area contributed by atoms with E-state index in [0.29, 0.717) is 17.5 Å². The molecule has 11 aromatic rings. The zero-order valence-electron chi connectivity index (χ0n) is 29.8. The van der Waals surface area contributed by atoms with Crippen molar-refractivity contribution in [3.63, 3.8) is 0 Å². The Morgan fingerprint density at radius 3 is 1.27 bits per heavy atom. The molecule has 0 N–H and O–H groups in total. The molecule has 256 valence electrons. The minimum atomic E-state index is 0.621. The van der Waals surface area contributed by atoms with Crippen LogP contribution in [0.3, 0.4) is 0 Å². The third-order valence-corrected chi connectivity index (χ3v) is 10.8. The molecule has 0 atom stereocenters. The molecule has 0 saturated heterocycles. The monoisotopic (exact) mass is 700 g/mol. The summed E-state index contributed by atoms with van der Waals surface area (Å²) in [6.07, 6.45) is 0. The Kier molecular flexibility index (Phi) is 7.14. The van der Waals surface area contributed by atoms with E-state index in [4.69, 9.17) is 15.0 Å². The molecule has 0 bridgehead atoms. The zero-order chi connectivity index (χ0) is 36.3. The summed E-state index contributed by atoms with van der Waals surface area (Å²) in [7, 11) is 0. The van der Waals surface area contributed by atoms with E-state index in [1.54, 1.807) is 0 Å². The topological polar surface area (TPSA) is 43.6 Å². The molecule has 0 saturated carbocycles. The molecule has 0 fully saturated rings. The molecule has 4 nitrogen and oxygen atoms in total. The maximum atomic E-state index is 5.24. The van der Waals surface area contributed by atoms with Crippen molar-refractivity contribution >= 4 is 54.1 Å². The first kappa shape index (κ1) is 31.1. The second kappa shape index (κ2) is 12.6. The fourth-order valence-corrected chi connectivity index (χ4v) is 8.26. The highest BCUT2D eigenvalue weighted by Gasteiger charge is 2.17. The van der Waals surface area contributed by atoms with Gasteiger partial charge in [-0.25, -0.2) is 15.0 Å². The number of benzene rings is 9. The van der Waals surface area contributed by atoms with Crippen molar-refractivity contribution in [1.82, 2.24) is 19.5 Å². The SMILES string of the molecule is c1ccc(-c2cccc(-c3nc(-c4cccc(-n5c6ccccc6c6ccccc65)c4)nc(-c4ccc5c6ccccc6c6ccccc6c5c4)n3)c2)cc1. The number of nitrogens with zero attached hydrogens (tertiary/aromatic N) is 4. The number of fused-ring (bicyclic) bond motifs is 9. The predicted octanol–water partition coefficient (Wildman–Crippen LogP) is 13.1. The van der Waals surface area contributed by atoms with Gasteiger partial charge in [-0.1, -0.05) is 158 Å². The second-order valence-electron chi connectivity index (χ2n) is 14.0. The van der Waals surface area contributed by atoms with Crippen LogP contribution in [-0.4, -0.2) is 19.5 Å². The lowest BCUT2D eigenvalue weighted by Crippen LogP contribution is -2.01. The fraction of sp³-hybridized carbons (Fsp3) is 0. The summed E-state index contributed by atoms with van der Waals surface area (Å²) in [6, 6.07) is 68.6. The van der Waals surface area contributed by atoms with E-state index >= 15 is 0 Å². The van der Waals surface area contributed by atoms with E-state index in [2.05, 4.69) is 193 Å². The van der Waals surface area contributed by atoms with Crippen LogP contribution in [0.4, 0.5) is 0 Å². The van der Waals surface area contributed by atoms with E-state index in [9.17, 15) is 0 Å². The first-order chi connectivity index (χ1) is 27.3. The minimum Gasteiger partial charge on any atom is -0.309 e. The first-order valence-electron chi connectivity index (χ1n) is 18.6. The number of para-hydroxylation sites is 2. The van der Waals surface area contributed by atoms with Crippen molar-refractivity contribution in [3.8, 4) is 51.0 Å². The molecule has 2 heterocycles. The van der Waals surface area contributed by atoms with Gasteiger partial charge < -0.3 is 4.57 Å². The summed E-state index contributed by atoms with van der Waals surface area (Å²) in [5.74, 6) is 1.88. The molecule has 0 amide bonds. The van der Waals surface area contributed by atoms with Gasteiger partial charge in [0.15, 0.2) is 17.5 Å². The highest BCUT2D eigenvalue weighted by Crippen LogP contribution is 2.38. The maximum absolute atomic E-state index is 5.24. The fourth-order valence-electron chi connectivity index (χ4n) is 8.26. The van der Waals surface area contributed by atoms with E-state index in [1.165, 1.54) is 43.1 Å². The van der Waals surface area contributed by atoms with Crippen LogP contribution < -0.4 is 0 Å². The average Bonchev–Trinajstić information content (AvgIpc) is 3.61. The average molecular weight is 701 g/mol. The van der Waals surface area contributed by atoms with Crippen LogP contribution in [0.5, 0.6) is 0 Å². The Hall–Kier alpha value is -7.43. The van der Waals surface area contributed by atoms with Crippen LogP contribution in [0.1, 0.15) is 0 Å². The van der Waals surface area contributed by atoms with Gasteiger partial charge in [0.05, 0.1) is 11.0 Å². The standard InChI is InChI=1S/C51H32N4/c1-2-14-33(15-3-1)34-16-12-17-35(30-34)49-52-50(36-18-13-19-38(31-36)55-47-26-10-8-24-44(47)45-25-9-11-27-48(45)55)54-51(53-49)37-28-29-43-41-22-5-4-20-39(41)40-21-6-7-23-42(40)46(43)32-37/h1-32H. The number of hydrogen-bond donors (Lipinski definition) is 0. The first-order valence-corrected chi connectivity index (χ1v) is 18.6. The van der Waals surface area contributed by atoms with Crippen molar-refractivity contribution in [2.75, 3.05) is 0 Å². The van der Waals surface area contributed by atoms with Crippen molar-refractivity contribution < 1.29 is 0 Å². The van der Waals surface area contributed by atoms with Gasteiger partial charge in [-0.05, 0) is 79.8 Å². The molecule has 11 rings (SSSR count). The molecule has 0 radical (unpaired) electrons. The molecular weight excluding hydrogens is 669 g/mol. The van der Waals surface area contributed by atoms with Crippen LogP contribution in [0.2, 0.25) is 0 Å². The highest BCUT2D eigenvalue weighted by atomic mass is 15.0. The van der Waals surface area contributed by atoms with Gasteiger partial charge in [0, 0.05) is 33.2 Å². The van der Waals surface area contributed by atoms with Crippen LogP contribution in [0.25, 0.3) is 105 Å². The zero-order valence-corrected chi connectivity index (χ0v) is 29.8. The molecule has 0 aliphatic rings. The van der Waals surface area contributed by atoms with Gasteiger partial charge in [-0.2, -0.15) is 0 Å². The normalized spacial score (nSPS) is 11.6. The van der Waals surface area contributed by atoms with Crippen molar-refractivity contribution in [1.29, 1.82) is 0 Å². The maximum Gasteiger partial charge on any atom is 0.164 e. The molecule has 55 heavy (non-hydrogen) atoms. The predicted molar refractivity (Wildman–Crippen MR) is 228 cm³/mol. The van der Waals surface area contributed by atoms with Gasteiger partial charge in [-0.15, -0.1) is 0 Å². The Bertz CT molecular complexity index is 3180. The van der Waals surface area contributed by atoms with Crippen molar-refractivity contribution in [2.45, 2.75) is 0 Å². The molecule has 4 heteroatoms. The highest BCUT2D eigenvalue weighted by molar-refractivity contribution is 6.25. The Labute approximate surface area is 317 Å².